The van der Waals surface area contributed by atoms with Crippen LogP contribution in [-0.4, -0.2) is 33.2 Å². The Morgan fingerprint density at radius 2 is 1.62 bits per heavy atom. The molecular weight excluding hydrogens is 440 g/mol. The average molecular weight is 469 g/mol. The number of hydrogen-bond acceptors (Lipinski definition) is 4. The van der Waals surface area contributed by atoms with E-state index in [1.807, 2.05) is 38.1 Å². The van der Waals surface area contributed by atoms with Crippen LogP contribution in [0, 0.1) is 13.8 Å². The Morgan fingerprint density at radius 1 is 0.906 bits per heavy atom. The van der Waals surface area contributed by atoms with Gasteiger partial charge in [0, 0.05) is 11.4 Å². The number of amides is 1. The van der Waals surface area contributed by atoms with Crippen LogP contribution in [0.1, 0.15) is 17.5 Å². The maximum Gasteiger partial charge on any atom is 0.264 e. The van der Waals surface area contributed by atoms with E-state index in [-0.39, 0.29) is 17.3 Å². The SMILES string of the molecule is Cc1ccc(S(=O)(=O)N(CC(=O)NCCCSc2ccccc2)c2cccc(C)c2)cc1. The number of hydrogen-bond donors (Lipinski definition) is 1. The Morgan fingerprint density at radius 3 is 2.31 bits per heavy atom. The topological polar surface area (TPSA) is 66.5 Å². The van der Waals surface area contributed by atoms with Crippen LogP contribution in [0.5, 0.6) is 0 Å². The van der Waals surface area contributed by atoms with Crippen molar-refractivity contribution >= 4 is 33.4 Å². The molecule has 0 saturated carbocycles. The summed E-state index contributed by atoms with van der Waals surface area (Å²) >= 11 is 1.73. The molecule has 0 fully saturated rings. The summed E-state index contributed by atoms with van der Waals surface area (Å²) in [4.78, 5) is 14.0. The summed E-state index contributed by atoms with van der Waals surface area (Å²) in [5.41, 5.74) is 2.36. The molecule has 0 heterocycles. The summed E-state index contributed by atoms with van der Waals surface area (Å²) < 4.78 is 27.9. The van der Waals surface area contributed by atoms with Crippen molar-refractivity contribution in [2.75, 3.05) is 23.1 Å². The number of aryl methyl sites for hydroxylation is 2. The smallest absolute Gasteiger partial charge is 0.264 e. The third-order valence-corrected chi connectivity index (χ3v) is 7.73. The number of sulfonamides is 1. The van der Waals surface area contributed by atoms with Crippen molar-refractivity contribution in [2.24, 2.45) is 0 Å². The van der Waals surface area contributed by atoms with Crippen molar-refractivity contribution in [1.29, 1.82) is 0 Å². The first-order chi connectivity index (χ1) is 15.4. The molecule has 1 N–H and O–H groups in total. The van der Waals surface area contributed by atoms with Crippen LogP contribution in [0.4, 0.5) is 5.69 Å². The van der Waals surface area contributed by atoms with E-state index in [1.165, 1.54) is 9.20 Å². The maximum absolute atomic E-state index is 13.4. The van der Waals surface area contributed by atoms with Gasteiger partial charge in [0.1, 0.15) is 6.54 Å². The first-order valence-corrected chi connectivity index (χ1v) is 12.9. The third kappa shape index (κ3) is 6.61. The summed E-state index contributed by atoms with van der Waals surface area (Å²) in [6, 6.07) is 23.9. The third-order valence-electron chi connectivity index (χ3n) is 4.84. The van der Waals surface area contributed by atoms with Crippen LogP contribution in [0.3, 0.4) is 0 Å². The van der Waals surface area contributed by atoms with Gasteiger partial charge in [-0.05, 0) is 68.0 Å². The van der Waals surface area contributed by atoms with Crippen molar-refractivity contribution in [3.63, 3.8) is 0 Å². The number of carbonyl (C=O) groups is 1. The van der Waals surface area contributed by atoms with Gasteiger partial charge >= 0.3 is 0 Å². The fourth-order valence-corrected chi connectivity index (χ4v) is 5.42. The normalized spacial score (nSPS) is 11.2. The molecule has 5 nitrogen and oxygen atoms in total. The van der Waals surface area contributed by atoms with Crippen LogP contribution in [0.25, 0.3) is 0 Å². The maximum atomic E-state index is 13.4. The molecule has 7 heteroatoms. The van der Waals surface area contributed by atoms with Crippen LogP contribution in [0.15, 0.2) is 88.7 Å². The summed E-state index contributed by atoms with van der Waals surface area (Å²) in [5, 5.41) is 2.86. The minimum absolute atomic E-state index is 0.164. The number of thioether (sulfide) groups is 1. The van der Waals surface area contributed by atoms with Gasteiger partial charge in [0.25, 0.3) is 10.0 Å². The second kappa shape index (κ2) is 11.2. The summed E-state index contributed by atoms with van der Waals surface area (Å²) in [6.07, 6.45) is 0.792. The summed E-state index contributed by atoms with van der Waals surface area (Å²) in [5.74, 6) is 0.542. The van der Waals surface area contributed by atoms with Crippen molar-refractivity contribution in [1.82, 2.24) is 5.32 Å². The Hall–Kier alpha value is -2.77. The molecule has 0 unspecified atom stereocenters. The van der Waals surface area contributed by atoms with E-state index in [0.717, 1.165) is 23.3 Å². The Kier molecular flexibility index (Phi) is 8.36. The molecule has 0 atom stereocenters. The summed E-state index contributed by atoms with van der Waals surface area (Å²) in [7, 11) is -3.89. The highest BCUT2D eigenvalue weighted by Gasteiger charge is 2.27. The quantitative estimate of drug-likeness (QED) is 0.343. The van der Waals surface area contributed by atoms with E-state index >= 15 is 0 Å². The van der Waals surface area contributed by atoms with E-state index < -0.39 is 10.0 Å². The number of rotatable bonds is 10. The number of carbonyl (C=O) groups excluding carboxylic acids is 1. The molecule has 0 spiro atoms. The largest absolute Gasteiger partial charge is 0.354 e. The molecule has 0 aliphatic carbocycles. The average Bonchev–Trinajstić information content (AvgIpc) is 2.78. The number of nitrogens with zero attached hydrogens (tertiary/aromatic N) is 1. The fourth-order valence-electron chi connectivity index (χ4n) is 3.13. The Bertz CT molecular complexity index is 1130. The minimum Gasteiger partial charge on any atom is -0.354 e. The first-order valence-electron chi connectivity index (χ1n) is 10.5. The highest BCUT2D eigenvalue weighted by Crippen LogP contribution is 2.24. The van der Waals surface area contributed by atoms with Crippen molar-refractivity contribution in [2.45, 2.75) is 30.1 Å². The predicted octanol–water partition coefficient (Wildman–Crippen LogP) is 4.80. The van der Waals surface area contributed by atoms with E-state index in [1.54, 1.807) is 54.2 Å². The number of nitrogens with one attached hydrogen (secondary N) is 1. The van der Waals surface area contributed by atoms with Crippen molar-refractivity contribution < 1.29 is 13.2 Å². The lowest BCUT2D eigenvalue weighted by Crippen LogP contribution is -2.41. The van der Waals surface area contributed by atoms with Crippen LogP contribution < -0.4 is 9.62 Å². The number of benzene rings is 3. The standard InChI is InChI=1S/C25H28N2O3S2/c1-20-12-14-24(15-13-20)32(29,30)27(22-9-6-8-21(2)18-22)19-25(28)26-16-7-17-31-23-10-4-3-5-11-23/h3-6,8-15,18H,7,16-17,19H2,1-2H3,(H,26,28). The van der Waals surface area contributed by atoms with Gasteiger partial charge in [-0.15, -0.1) is 11.8 Å². The molecule has 3 rings (SSSR count). The molecule has 0 aromatic heterocycles. The first kappa shape index (κ1) is 23.9. The Labute approximate surface area is 194 Å². The van der Waals surface area contributed by atoms with E-state index in [4.69, 9.17) is 0 Å². The van der Waals surface area contributed by atoms with Gasteiger partial charge in [-0.25, -0.2) is 8.42 Å². The van der Waals surface area contributed by atoms with Crippen molar-refractivity contribution in [3.8, 4) is 0 Å². The summed E-state index contributed by atoms with van der Waals surface area (Å²) in [6.45, 7) is 4.01. The molecule has 0 saturated heterocycles. The zero-order chi connectivity index (χ0) is 23.0. The molecule has 0 aliphatic rings. The molecule has 168 valence electrons. The molecule has 0 aliphatic heterocycles. The van der Waals surface area contributed by atoms with Crippen LogP contribution >= 0.6 is 11.8 Å². The highest BCUT2D eigenvalue weighted by molar-refractivity contribution is 7.99. The molecule has 3 aromatic rings. The monoisotopic (exact) mass is 468 g/mol. The molecular formula is C25H28N2O3S2. The van der Waals surface area contributed by atoms with E-state index in [2.05, 4.69) is 17.4 Å². The zero-order valence-electron chi connectivity index (χ0n) is 18.3. The highest BCUT2D eigenvalue weighted by atomic mass is 32.2. The van der Waals surface area contributed by atoms with Gasteiger partial charge < -0.3 is 5.32 Å². The second-order valence-electron chi connectivity index (χ2n) is 7.53. The van der Waals surface area contributed by atoms with Gasteiger partial charge in [0.15, 0.2) is 0 Å². The molecule has 32 heavy (non-hydrogen) atoms. The van der Waals surface area contributed by atoms with Crippen molar-refractivity contribution in [3.05, 3.63) is 90.0 Å². The lowest BCUT2D eigenvalue weighted by molar-refractivity contribution is -0.119. The lowest BCUT2D eigenvalue weighted by Gasteiger charge is -2.24. The van der Waals surface area contributed by atoms with Crippen LogP contribution in [-0.2, 0) is 14.8 Å². The fraction of sp³-hybridized carbons (Fsp3) is 0.240. The Balaban J connectivity index is 1.66. The van der Waals surface area contributed by atoms with Gasteiger partial charge in [-0.3, -0.25) is 9.10 Å². The molecule has 1 amide bonds. The molecule has 0 bridgehead atoms. The number of anilines is 1. The van der Waals surface area contributed by atoms with E-state index in [9.17, 15) is 13.2 Å². The van der Waals surface area contributed by atoms with Gasteiger partial charge in [0.2, 0.25) is 5.91 Å². The zero-order valence-corrected chi connectivity index (χ0v) is 20.0. The predicted molar refractivity (Wildman–Crippen MR) is 132 cm³/mol. The second-order valence-corrected chi connectivity index (χ2v) is 10.6. The van der Waals surface area contributed by atoms with E-state index in [0.29, 0.717) is 12.2 Å². The van der Waals surface area contributed by atoms with Gasteiger partial charge in [-0.1, -0.05) is 48.0 Å². The molecule has 3 aromatic carbocycles. The minimum atomic E-state index is -3.89. The lowest BCUT2D eigenvalue weighted by atomic mass is 10.2. The van der Waals surface area contributed by atoms with Gasteiger partial charge in [0.05, 0.1) is 10.6 Å². The van der Waals surface area contributed by atoms with Crippen LogP contribution in [0.2, 0.25) is 0 Å². The van der Waals surface area contributed by atoms with Gasteiger partial charge in [-0.2, -0.15) is 0 Å². The molecule has 0 radical (unpaired) electrons.